The van der Waals surface area contributed by atoms with Crippen LogP contribution in [0.2, 0.25) is 0 Å². The zero-order chi connectivity index (χ0) is 6.53. The summed E-state index contributed by atoms with van der Waals surface area (Å²) in [6.07, 6.45) is 0. The van der Waals surface area contributed by atoms with Gasteiger partial charge in [0, 0.05) is 7.11 Å². The number of thioether (sulfide) groups is 1. The summed E-state index contributed by atoms with van der Waals surface area (Å²) >= 11 is 2.92. The zero-order valence-corrected chi connectivity index (χ0v) is 6.46. The van der Waals surface area contributed by atoms with E-state index in [1.54, 1.807) is 7.11 Å². The first kappa shape index (κ1) is 6.98. The number of rotatable bonds is 3. The number of aromatic nitrogens is 2. The Morgan fingerprint density at radius 3 is 3.33 bits per heavy atom. The molecule has 1 rings (SSSR count). The van der Waals surface area contributed by atoms with Crippen molar-refractivity contribution in [2.75, 3.05) is 13.0 Å². The first-order chi connectivity index (χ1) is 4.43. The van der Waals surface area contributed by atoms with Crippen molar-refractivity contribution < 1.29 is 4.74 Å². The lowest BCUT2D eigenvalue weighted by Crippen LogP contribution is -1.79. The van der Waals surface area contributed by atoms with Gasteiger partial charge in [-0.15, -0.1) is 10.2 Å². The van der Waals surface area contributed by atoms with Crippen molar-refractivity contribution in [3.63, 3.8) is 0 Å². The largest absolute Gasteiger partial charge is 0.374 e. The van der Waals surface area contributed by atoms with Gasteiger partial charge < -0.3 is 4.74 Å². The maximum atomic E-state index is 4.80. The Balaban J connectivity index is 2.30. The van der Waals surface area contributed by atoms with Gasteiger partial charge in [0.25, 0.3) is 0 Å². The molecular weight excluding hydrogens is 156 g/mol. The van der Waals surface area contributed by atoms with E-state index in [2.05, 4.69) is 15.7 Å². The van der Waals surface area contributed by atoms with E-state index in [0.717, 1.165) is 4.34 Å². The van der Waals surface area contributed by atoms with Crippen molar-refractivity contribution in [1.29, 1.82) is 0 Å². The molecule has 0 aromatic carbocycles. The molecule has 0 spiro atoms. The third-order valence-corrected chi connectivity index (χ3v) is 2.32. The lowest BCUT2D eigenvalue weighted by molar-refractivity contribution is 0.259. The minimum atomic E-state index is 0.628. The van der Waals surface area contributed by atoms with Crippen LogP contribution in [0.25, 0.3) is 0 Å². The predicted molar refractivity (Wildman–Crippen MR) is 36.5 cm³/mol. The van der Waals surface area contributed by atoms with Crippen LogP contribution in [-0.2, 0) is 4.74 Å². The molecule has 0 bridgehead atoms. The average Bonchev–Trinajstić information content (AvgIpc) is 2.34. The average molecular weight is 161 g/mol. The number of ether oxygens (including phenoxy) is 1. The molecule has 5 heteroatoms. The Labute approximate surface area is 61.4 Å². The minimum Gasteiger partial charge on any atom is -0.374 e. The molecule has 3 nitrogen and oxygen atoms in total. The first-order valence-corrected chi connectivity index (χ1v) is 4.05. The van der Waals surface area contributed by atoms with Crippen LogP contribution in [0, 0.1) is 5.51 Å². The van der Waals surface area contributed by atoms with Crippen LogP contribution >= 0.6 is 23.1 Å². The van der Waals surface area contributed by atoms with E-state index in [9.17, 15) is 0 Å². The second-order valence-electron chi connectivity index (χ2n) is 1.21. The molecule has 0 aliphatic carbocycles. The number of hydrogen-bond acceptors (Lipinski definition) is 5. The highest BCUT2D eigenvalue weighted by molar-refractivity contribution is 8.00. The maximum Gasteiger partial charge on any atom is 0.179 e. The van der Waals surface area contributed by atoms with Gasteiger partial charge in [-0.1, -0.05) is 23.1 Å². The van der Waals surface area contributed by atoms with Gasteiger partial charge in [0.1, 0.15) is 0 Å². The van der Waals surface area contributed by atoms with Gasteiger partial charge in [-0.2, -0.15) is 0 Å². The second-order valence-corrected chi connectivity index (χ2v) is 3.15. The molecule has 49 valence electrons. The summed E-state index contributed by atoms with van der Waals surface area (Å²) in [7, 11) is 1.65. The van der Waals surface area contributed by atoms with Gasteiger partial charge in [0.05, 0.1) is 5.94 Å². The molecule has 1 heterocycles. The Morgan fingerprint density at radius 2 is 2.78 bits per heavy atom. The van der Waals surface area contributed by atoms with Gasteiger partial charge in [-0.25, -0.2) is 0 Å². The number of methoxy groups -OCH3 is 1. The summed E-state index contributed by atoms with van der Waals surface area (Å²) in [5.74, 6) is 0.628. The zero-order valence-electron chi connectivity index (χ0n) is 4.83. The normalized spacial score (nSPS) is 9.89. The monoisotopic (exact) mass is 161 g/mol. The predicted octanol–water partition coefficient (Wildman–Crippen LogP) is 1.03. The highest BCUT2D eigenvalue weighted by Gasteiger charge is 1.94. The Bertz CT molecular complexity index is 154. The summed E-state index contributed by atoms with van der Waals surface area (Å²) < 4.78 is 5.70. The molecule has 0 aliphatic rings. The molecule has 0 unspecified atom stereocenters. The van der Waals surface area contributed by atoms with Crippen LogP contribution in [0.5, 0.6) is 0 Å². The Hall–Kier alpha value is -0.130. The van der Waals surface area contributed by atoms with Crippen LogP contribution in [0.1, 0.15) is 0 Å². The summed E-state index contributed by atoms with van der Waals surface area (Å²) in [6.45, 7) is 0. The molecule has 0 saturated heterocycles. The fourth-order valence-corrected chi connectivity index (χ4v) is 1.36. The topological polar surface area (TPSA) is 35.0 Å². The molecule has 0 saturated carbocycles. The number of hydrogen-bond donors (Lipinski definition) is 0. The third-order valence-electron chi connectivity index (χ3n) is 0.606. The van der Waals surface area contributed by atoms with Crippen molar-refractivity contribution in [3.05, 3.63) is 5.51 Å². The molecule has 1 aromatic heterocycles. The van der Waals surface area contributed by atoms with Gasteiger partial charge >= 0.3 is 0 Å². The summed E-state index contributed by atoms with van der Waals surface area (Å²) in [5, 5.41) is 7.29. The Morgan fingerprint density at radius 1 is 1.89 bits per heavy atom. The van der Waals surface area contributed by atoms with Gasteiger partial charge in [0.2, 0.25) is 0 Å². The molecule has 0 amide bonds. The first-order valence-electron chi connectivity index (χ1n) is 2.25. The van der Waals surface area contributed by atoms with Crippen LogP contribution in [0.3, 0.4) is 0 Å². The van der Waals surface area contributed by atoms with Crippen LogP contribution in [0.15, 0.2) is 4.34 Å². The molecule has 1 radical (unpaired) electrons. The summed E-state index contributed by atoms with van der Waals surface area (Å²) in [6, 6.07) is 0. The molecular formula is C4H5N2OS2. The van der Waals surface area contributed by atoms with E-state index in [4.69, 9.17) is 4.74 Å². The van der Waals surface area contributed by atoms with E-state index >= 15 is 0 Å². The molecule has 0 fully saturated rings. The molecule has 1 aromatic rings. The molecule has 0 N–H and O–H groups in total. The SMILES string of the molecule is COCSc1nn[c]s1. The van der Waals surface area contributed by atoms with E-state index < -0.39 is 0 Å². The lowest BCUT2D eigenvalue weighted by atomic mass is 11.5. The van der Waals surface area contributed by atoms with Crippen molar-refractivity contribution in [2.24, 2.45) is 0 Å². The van der Waals surface area contributed by atoms with Crippen LogP contribution < -0.4 is 0 Å². The van der Waals surface area contributed by atoms with Gasteiger partial charge in [-0.05, 0) is 0 Å². The van der Waals surface area contributed by atoms with E-state index in [0.29, 0.717) is 5.94 Å². The second kappa shape index (κ2) is 3.81. The smallest absolute Gasteiger partial charge is 0.179 e. The molecule has 9 heavy (non-hydrogen) atoms. The highest BCUT2D eigenvalue weighted by Crippen LogP contribution is 2.17. The van der Waals surface area contributed by atoms with Crippen molar-refractivity contribution >= 4 is 23.1 Å². The van der Waals surface area contributed by atoms with E-state index in [1.807, 2.05) is 0 Å². The van der Waals surface area contributed by atoms with Crippen LogP contribution in [0.4, 0.5) is 0 Å². The maximum absolute atomic E-state index is 4.80. The van der Waals surface area contributed by atoms with Crippen LogP contribution in [-0.4, -0.2) is 23.2 Å². The fraction of sp³-hybridized carbons (Fsp3) is 0.500. The van der Waals surface area contributed by atoms with Crippen molar-refractivity contribution in [2.45, 2.75) is 4.34 Å². The standard InChI is InChI=1S/C4H5N2OS2/c1-7-3-9-4-6-5-2-8-4/h3H2,1H3. The third kappa shape index (κ3) is 2.30. The minimum absolute atomic E-state index is 0.628. The van der Waals surface area contributed by atoms with E-state index in [1.165, 1.54) is 23.1 Å². The van der Waals surface area contributed by atoms with Gasteiger partial charge in [-0.3, -0.25) is 0 Å². The van der Waals surface area contributed by atoms with Crippen molar-refractivity contribution in [1.82, 2.24) is 10.2 Å². The van der Waals surface area contributed by atoms with E-state index in [-0.39, 0.29) is 0 Å². The van der Waals surface area contributed by atoms with Gasteiger partial charge in [0.15, 0.2) is 9.85 Å². The lowest BCUT2D eigenvalue weighted by Gasteiger charge is -1.89. The molecule has 0 aliphatic heterocycles. The number of nitrogens with zero attached hydrogens (tertiary/aromatic N) is 2. The Kier molecular flexibility index (Phi) is 2.96. The highest BCUT2D eigenvalue weighted by atomic mass is 32.2. The summed E-state index contributed by atoms with van der Waals surface area (Å²) in [4.78, 5) is 0. The fourth-order valence-electron chi connectivity index (χ4n) is 0.309. The quantitative estimate of drug-likeness (QED) is 0.490. The van der Waals surface area contributed by atoms with Crippen molar-refractivity contribution in [3.8, 4) is 0 Å². The molecule has 0 atom stereocenters. The summed E-state index contributed by atoms with van der Waals surface area (Å²) in [5.41, 5.74) is 2.64.